The highest BCUT2D eigenvalue weighted by Crippen LogP contribution is 2.11. The Morgan fingerprint density at radius 1 is 1.32 bits per heavy atom. The molecule has 8 nitrogen and oxygen atoms in total. The second-order valence-corrected chi connectivity index (χ2v) is 5.58. The number of pyridine rings is 1. The van der Waals surface area contributed by atoms with Crippen molar-refractivity contribution in [1.29, 1.82) is 0 Å². The van der Waals surface area contributed by atoms with Gasteiger partial charge in [-0.1, -0.05) is 30.3 Å². The van der Waals surface area contributed by atoms with Gasteiger partial charge in [0.2, 0.25) is 0 Å². The molecule has 0 N–H and O–H groups in total. The van der Waals surface area contributed by atoms with Crippen LogP contribution in [0.25, 0.3) is 0 Å². The van der Waals surface area contributed by atoms with Crippen LogP contribution in [0.15, 0.2) is 47.4 Å². The average molecular weight is 345 g/mol. The number of rotatable bonds is 7. The highest BCUT2D eigenvalue weighted by atomic mass is 16.6. The van der Waals surface area contributed by atoms with Crippen molar-refractivity contribution in [2.24, 2.45) is 0 Å². The molecule has 2 rings (SSSR count). The van der Waals surface area contributed by atoms with Gasteiger partial charge in [-0.15, -0.1) is 0 Å². The number of ether oxygens (including phenoxy) is 1. The number of carbonyl (C=O) groups is 1. The normalized spacial score (nSPS) is 10.7. The number of esters is 1. The maximum Gasteiger partial charge on any atom is 0.343 e. The van der Waals surface area contributed by atoms with E-state index in [0.717, 1.165) is 24.9 Å². The van der Waals surface area contributed by atoms with Gasteiger partial charge >= 0.3 is 5.97 Å². The summed E-state index contributed by atoms with van der Waals surface area (Å²) in [6.07, 6.45) is 1.14. The summed E-state index contributed by atoms with van der Waals surface area (Å²) in [7, 11) is 3.01. The largest absolute Gasteiger partial charge is 0.465 e. The zero-order valence-electron chi connectivity index (χ0n) is 14.0. The number of carbonyl (C=O) groups excluding carboxylic acids is 1. The molecule has 25 heavy (non-hydrogen) atoms. The molecule has 1 heterocycles. The van der Waals surface area contributed by atoms with Crippen molar-refractivity contribution >= 4 is 11.7 Å². The van der Waals surface area contributed by atoms with Gasteiger partial charge in [0.25, 0.3) is 11.2 Å². The van der Waals surface area contributed by atoms with E-state index in [1.807, 2.05) is 42.3 Å². The Balaban J connectivity index is 2.17. The minimum absolute atomic E-state index is 0.216. The zero-order chi connectivity index (χ0) is 18.4. The third kappa shape index (κ3) is 4.74. The molecular weight excluding hydrogens is 326 g/mol. The van der Waals surface area contributed by atoms with Gasteiger partial charge in [0.05, 0.1) is 18.2 Å². The van der Waals surface area contributed by atoms with E-state index in [2.05, 4.69) is 4.74 Å². The lowest BCUT2D eigenvalue weighted by molar-refractivity contribution is -0.385. The maximum absolute atomic E-state index is 12.3. The number of likely N-dealkylation sites (N-methyl/N-ethyl adjacent to an activating group) is 1. The number of nitrogens with zero attached hydrogens (tertiary/aromatic N) is 3. The van der Waals surface area contributed by atoms with Crippen molar-refractivity contribution in [3.8, 4) is 0 Å². The fraction of sp³-hybridized carbons (Fsp3) is 0.294. The molecule has 0 saturated heterocycles. The Hall–Kier alpha value is -3.00. The second-order valence-electron chi connectivity index (χ2n) is 5.58. The van der Waals surface area contributed by atoms with Crippen LogP contribution in [0.5, 0.6) is 0 Å². The van der Waals surface area contributed by atoms with Gasteiger partial charge in [-0.25, -0.2) is 4.79 Å². The molecule has 0 amide bonds. The average Bonchev–Trinajstić information content (AvgIpc) is 2.60. The van der Waals surface area contributed by atoms with Crippen molar-refractivity contribution < 1.29 is 14.5 Å². The van der Waals surface area contributed by atoms with Crippen LogP contribution < -0.4 is 5.56 Å². The topological polar surface area (TPSA) is 94.7 Å². The molecule has 0 unspecified atom stereocenters. The summed E-state index contributed by atoms with van der Waals surface area (Å²) in [4.78, 5) is 36.4. The number of hydrogen-bond donors (Lipinski definition) is 0. The van der Waals surface area contributed by atoms with E-state index in [0.29, 0.717) is 13.1 Å². The second kappa shape index (κ2) is 8.20. The Kier molecular flexibility index (Phi) is 6.02. The molecule has 0 atom stereocenters. The molecule has 0 radical (unpaired) electrons. The first-order chi connectivity index (χ1) is 11.9. The van der Waals surface area contributed by atoms with Gasteiger partial charge in [-0.3, -0.25) is 14.9 Å². The van der Waals surface area contributed by atoms with Crippen LogP contribution in [0.3, 0.4) is 0 Å². The fourth-order valence-electron chi connectivity index (χ4n) is 2.39. The van der Waals surface area contributed by atoms with E-state index in [-0.39, 0.29) is 17.8 Å². The first-order valence-electron chi connectivity index (χ1n) is 7.62. The zero-order valence-corrected chi connectivity index (χ0v) is 14.0. The molecule has 0 aliphatic rings. The molecule has 132 valence electrons. The first-order valence-corrected chi connectivity index (χ1v) is 7.62. The molecule has 0 aliphatic heterocycles. The molecule has 0 aliphatic carbocycles. The fourth-order valence-corrected chi connectivity index (χ4v) is 2.39. The van der Waals surface area contributed by atoms with Crippen LogP contribution in [0.4, 0.5) is 5.69 Å². The van der Waals surface area contributed by atoms with Gasteiger partial charge in [0.1, 0.15) is 5.56 Å². The Morgan fingerprint density at radius 2 is 2.00 bits per heavy atom. The lowest BCUT2D eigenvalue weighted by Gasteiger charge is -2.17. The molecule has 0 saturated carbocycles. The van der Waals surface area contributed by atoms with E-state index < -0.39 is 16.5 Å². The number of aromatic nitrogens is 1. The molecule has 2 aromatic rings. The Bertz CT molecular complexity index is 817. The molecule has 0 bridgehead atoms. The van der Waals surface area contributed by atoms with E-state index in [1.54, 1.807) is 0 Å². The molecule has 0 spiro atoms. The highest BCUT2D eigenvalue weighted by molar-refractivity contribution is 5.89. The number of hydrogen-bond acceptors (Lipinski definition) is 6. The van der Waals surface area contributed by atoms with Crippen LogP contribution >= 0.6 is 0 Å². The van der Waals surface area contributed by atoms with E-state index in [1.165, 1.54) is 4.57 Å². The smallest absolute Gasteiger partial charge is 0.343 e. The SMILES string of the molecule is COC(=O)c1cc([N+](=O)[O-])cn(CCN(C)Cc2ccccc2)c1=O. The van der Waals surface area contributed by atoms with Crippen LogP contribution in [-0.4, -0.2) is 41.1 Å². The number of nitro groups is 1. The molecular formula is C17H19N3O5. The van der Waals surface area contributed by atoms with Gasteiger partial charge in [0.15, 0.2) is 0 Å². The summed E-state index contributed by atoms with van der Waals surface area (Å²) >= 11 is 0. The predicted molar refractivity (Wildman–Crippen MR) is 91.5 cm³/mol. The monoisotopic (exact) mass is 345 g/mol. The summed E-state index contributed by atoms with van der Waals surface area (Å²) in [6, 6.07) is 10.7. The molecule has 0 fully saturated rings. The Morgan fingerprint density at radius 3 is 2.60 bits per heavy atom. The van der Waals surface area contributed by atoms with Crippen LogP contribution in [0.2, 0.25) is 0 Å². The minimum atomic E-state index is -0.889. The molecule has 1 aromatic heterocycles. The predicted octanol–water partition coefficient (Wildman–Crippen LogP) is 1.68. The first kappa shape index (κ1) is 18.3. The van der Waals surface area contributed by atoms with E-state index in [4.69, 9.17) is 0 Å². The quantitative estimate of drug-likeness (QED) is 0.430. The lowest BCUT2D eigenvalue weighted by Crippen LogP contribution is -2.31. The van der Waals surface area contributed by atoms with E-state index in [9.17, 15) is 19.7 Å². The van der Waals surface area contributed by atoms with E-state index >= 15 is 0 Å². The third-order valence-electron chi connectivity index (χ3n) is 3.71. The molecule has 8 heteroatoms. The van der Waals surface area contributed by atoms with Gasteiger partial charge in [0, 0.05) is 25.7 Å². The van der Waals surface area contributed by atoms with Crippen molar-refractivity contribution in [1.82, 2.24) is 9.47 Å². The van der Waals surface area contributed by atoms with Crippen LogP contribution in [0, 0.1) is 10.1 Å². The Labute approximate surface area is 144 Å². The summed E-state index contributed by atoms with van der Waals surface area (Å²) in [5, 5.41) is 11.0. The van der Waals surface area contributed by atoms with Crippen molar-refractivity contribution in [2.75, 3.05) is 20.7 Å². The summed E-state index contributed by atoms with van der Waals surface area (Å²) in [6.45, 7) is 1.37. The number of benzene rings is 1. The summed E-state index contributed by atoms with van der Waals surface area (Å²) < 4.78 is 5.70. The van der Waals surface area contributed by atoms with Gasteiger partial charge in [-0.2, -0.15) is 0 Å². The lowest BCUT2D eigenvalue weighted by atomic mass is 10.2. The standard InChI is InChI=1S/C17H19N3O5/c1-18(11-13-6-4-3-5-7-13)8-9-19-12-14(20(23)24)10-15(16(19)21)17(22)25-2/h3-7,10,12H,8-9,11H2,1-2H3. The van der Waals surface area contributed by atoms with Crippen molar-refractivity contribution in [3.63, 3.8) is 0 Å². The summed E-state index contributed by atoms with van der Waals surface area (Å²) in [5.41, 5.74) is -0.162. The summed E-state index contributed by atoms with van der Waals surface area (Å²) in [5.74, 6) is -0.889. The number of methoxy groups -OCH3 is 1. The highest BCUT2D eigenvalue weighted by Gasteiger charge is 2.19. The maximum atomic E-state index is 12.3. The van der Waals surface area contributed by atoms with Gasteiger partial charge in [-0.05, 0) is 12.6 Å². The van der Waals surface area contributed by atoms with Crippen molar-refractivity contribution in [3.05, 3.63) is 74.2 Å². The minimum Gasteiger partial charge on any atom is -0.465 e. The van der Waals surface area contributed by atoms with Crippen LogP contribution in [-0.2, 0) is 17.8 Å². The molecule has 1 aromatic carbocycles. The van der Waals surface area contributed by atoms with Crippen molar-refractivity contribution in [2.45, 2.75) is 13.1 Å². The van der Waals surface area contributed by atoms with Gasteiger partial charge < -0.3 is 14.2 Å². The third-order valence-corrected chi connectivity index (χ3v) is 3.71. The van der Waals surface area contributed by atoms with Crippen LogP contribution in [0.1, 0.15) is 15.9 Å².